The molecule has 1 fully saturated rings. The van der Waals surface area contributed by atoms with E-state index >= 15 is 0 Å². The summed E-state index contributed by atoms with van der Waals surface area (Å²) in [7, 11) is -3.60. The minimum absolute atomic E-state index is 0.155. The first-order chi connectivity index (χ1) is 15.1. The number of sulfonamides is 1. The van der Waals surface area contributed by atoms with Crippen LogP contribution in [0, 0.1) is 0 Å². The number of anilines is 1. The predicted octanol–water partition coefficient (Wildman–Crippen LogP) is 3.07. The monoisotopic (exact) mass is 475 g/mol. The molecule has 0 radical (unpaired) electrons. The second-order valence-electron chi connectivity index (χ2n) is 8.67. The molecule has 2 aromatic carbocycles. The van der Waals surface area contributed by atoms with E-state index in [9.17, 15) is 18.0 Å². The highest BCUT2D eigenvalue weighted by molar-refractivity contribution is 7.89. The molecule has 1 saturated heterocycles. The Kier molecular flexibility index (Phi) is 6.04. The number of nitrogens with one attached hydrogen (secondary N) is 1. The third kappa shape index (κ3) is 4.02. The van der Waals surface area contributed by atoms with E-state index in [2.05, 4.69) is 5.32 Å². The Morgan fingerprint density at radius 2 is 1.81 bits per heavy atom. The third-order valence-corrected chi connectivity index (χ3v) is 8.41. The lowest BCUT2D eigenvalue weighted by atomic mass is 9.86. The number of benzene rings is 2. The molecular weight excluding hydrogens is 450 g/mol. The molecule has 0 saturated carbocycles. The van der Waals surface area contributed by atoms with Crippen LogP contribution in [-0.2, 0) is 31.6 Å². The Hall–Kier alpha value is -2.42. The van der Waals surface area contributed by atoms with Crippen LogP contribution in [0.25, 0.3) is 0 Å². The van der Waals surface area contributed by atoms with E-state index in [1.165, 1.54) is 15.3 Å². The van der Waals surface area contributed by atoms with Gasteiger partial charge in [0.2, 0.25) is 21.8 Å². The molecule has 0 atom stereocenters. The number of carbonyl (C=O) groups excluding carboxylic acids is 2. The number of rotatable bonds is 6. The molecule has 0 aliphatic carbocycles. The molecule has 2 aromatic rings. The average molecular weight is 476 g/mol. The normalized spacial score (nSPS) is 18.1. The van der Waals surface area contributed by atoms with Gasteiger partial charge in [-0.2, -0.15) is 4.31 Å². The van der Waals surface area contributed by atoms with E-state index in [-0.39, 0.29) is 29.8 Å². The molecule has 0 spiro atoms. The number of halogens is 1. The summed E-state index contributed by atoms with van der Waals surface area (Å²) in [6, 6.07) is 12.0. The van der Waals surface area contributed by atoms with Gasteiger partial charge in [-0.05, 0) is 62.1 Å². The van der Waals surface area contributed by atoms with Crippen molar-refractivity contribution >= 4 is 39.1 Å². The van der Waals surface area contributed by atoms with E-state index < -0.39 is 15.4 Å². The first kappa shape index (κ1) is 22.8. The van der Waals surface area contributed by atoms with Crippen LogP contribution < -0.4 is 10.2 Å². The van der Waals surface area contributed by atoms with Crippen LogP contribution in [0.3, 0.4) is 0 Å². The second-order valence-corrected chi connectivity index (χ2v) is 11.0. The maximum atomic E-state index is 13.1. The molecular formula is C23H26ClN3O4S. The van der Waals surface area contributed by atoms with Gasteiger partial charge in [0.15, 0.2) is 0 Å². The maximum absolute atomic E-state index is 13.1. The first-order valence-corrected chi connectivity index (χ1v) is 12.4. The minimum Gasteiger partial charge on any atom is -0.350 e. The number of hydrogen-bond acceptors (Lipinski definition) is 4. The summed E-state index contributed by atoms with van der Waals surface area (Å²) in [6.45, 7) is 4.63. The average Bonchev–Trinajstić information content (AvgIpc) is 3.37. The Morgan fingerprint density at radius 1 is 1.12 bits per heavy atom. The molecule has 9 heteroatoms. The molecule has 2 heterocycles. The van der Waals surface area contributed by atoms with Gasteiger partial charge < -0.3 is 10.2 Å². The Labute approximate surface area is 193 Å². The summed E-state index contributed by atoms with van der Waals surface area (Å²) in [5, 5.41) is 3.36. The highest BCUT2D eigenvalue weighted by Crippen LogP contribution is 2.42. The van der Waals surface area contributed by atoms with Crippen molar-refractivity contribution in [1.29, 1.82) is 0 Å². The molecule has 32 heavy (non-hydrogen) atoms. The lowest BCUT2D eigenvalue weighted by Crippen LogP contribution is -2.42. The van der Waals surface area contributed by atoms with Crippen molar-refractivity contribution in [3.63, 3.8) is 0 Å². The van der Waals surface area contributed by atoms with E-state index in [0.717, 1.165) is 18.4 Å². The summed E-state index contributed by atoms with van der Waals surface area (Å²) in [4.78, 5) is 27.3. The molecule has 2 amide bonds. The van der Waals surface area contributed by atoms with Crippen molar-refractivity contribution in [3.8, 4) is 0 Å². The van der Waals surface area contributed by atoms with Crippen molar-refractivity contribution in [3.05, 3.63) is 58.6 Å². The number of amides is 2. The lowest BCUT2D eigenvalue weighted by molar-refractivity contribution is -0.125. The van der Waals surface area contributed by atoms with Gasteiger partial charge in [-0.1, -0.05) is 29.8 Å². The van der Waals surface area contributed by atoms with Crippen LogP contribution >= 0.6 is 11.6 Å². The molecule has 0 aromatic heterocycles. The van der Waals surface area contributed by atoms with Crippen LogP contribution in [0.4, 0.5) is 5.69 Å². The van der Waals surface area contributed by atoms with E-state index in [0.29, 0.717) is 29.4 Å². The zero-order valence-corrected chi connectivity index (χ0v) is 19.7. The van der Waals surface area contributed by atoms with Crippen LogP contribution in [-0.4, -0.2) is 44.2 Å². The Bertz CT molecular complexity index is 1170. The Balaban J connectivity index is 1.55. The van der Waals surface area contributed by atoms with Crippen molar-refractivity contribution in [2.24, 2.45) is 0 Å². The zero-order valence-electron chi connectivity index (χ0n) is 18.1. The fourth-order valence-corrected chi connectivity index (χ4v) is 5.99. The van der Waals surface area contributed by atoms with Gasteiger partial charge in [0, 0.05) is 30.3 Å². The van der Waals surface area contributed by atoms with Gasteiger partial charge in [-0.3, -0.25) is 9.59 Å². The highest BCUT2D eigenvalue weighted by atomic mass is 35.5. The number of carbonyl (C=O) groups is 2. The van der Waals surface area contributed by atoms with Gasteiger partial charge in [-0.15, -0.1) is 0 Å². The molecule has 2 aliphatic rings. The van der Waals surface area contributed by atoms with E-state index in [4.69, 9.17) is 11.6 Å². The van der Waals surface area contributed by atoms with Gasteiger partial charge in [0.05, 0.1) is 10.3 Å². The fourth-order valence-electron chi connectivity index (χ4n) is 4.24. The number of fused-ring (bicyclic) bond motifs is 1. The van der Waals surface area contributed by atoms with Crippen LogP contribution in [0.1, 0.15) is 37.8 Å². The molecule has 2 aliphatic heterocycles. The topological polar surface area (TPSA) is 86.8 Å². The van der Waals surface area contributed by atoms with Crippen molar-refractivity contribution in [2.45, 2.75) is 43.5 Å². The fraction of sp³-hybridized carbons (Fsp3) is 0.391. The van der Waals surface area contributed by atoms with Crippen LogP contribution in [0.5, 0.6) is 0 Å². The van der Waals surface area contributed by atoms with Crippen molar-refractivity contribution in [1.82, 2.24) is 9.62 Å². The first-order valence-electron chi connectivity index (χ1n) is 10.6. The largest absolute Gasteiger partial charge is 0.350 e. The SMILES string of the molecule is CC1(C)C(=O)N(CC(=O)NCc2ccccc2Cl)c2ccc(S(=O)(=O)N3CCCC3)cc21. The summed E-state index contributed by atoms with van der Waals surface area (Å²) in [5.74, 6) is -0.563. The van der Waals surface area contributed by atoms with Crippen molar-refractivity contribution in [2.75, 3.05) is 24.5 Å². The minimum atomic E-state index is -3.60. The second kappa shape index (κ2) is 8.50. The Morgan fingerprint density at radius 3 is 2.50 bits per heavy atom. The van der Waals surface area contributed by atoms with Crippen LogP contribution in [0.2, 0.25) is 5.02 Å². The molecule has 4 rings (SSSR count). The summed E-state index contributed by atoms with van der Waals surface area (Å²) in [5.41, 5.74) is 1.03. The quantitative estimate of drug-likeness (QED) is 0.695. The maximum Gasteiger partial charge on any atom is 0.243 e. The molecule has 1 N–H and O–H groups in total. The molecule has 7 nitrogen and oxygen atoms in total. The lowest BCUT2D eigenvalue weighted by Gasteiger charge is -2.20. The predicted molar refractivity (Wildman–Crippen MR) is 123 cm³/mol. The van der Waals surface area contributed by atoms with Gasteiger partial charge in [-0.25, -0.2) is 8.42 Å². The van der Waals surface area contributed by atoms with E-state index in [1.54, 1.807) is 32.0 Å². The molecule has 0 bridgehead atoms. The van der Waals surface area contributed by atoms with Gasteiger partial charge in [0.25, 0.3) is 0 Å². The summed E-state index contributed by atoms with van der Waals surface area (Å²) < 4.78 is 27.5. The van der Waals surface area contributed by atoms with E-state index in [1.807, 2.05) is 18.2 Å². The third-order valence-electron chi connectivity index (χ3n) is 6.15. The standard InChI is InChI=1S/C23H26ClN3O4S/c1-23(2)18-13-17(32(30,31)26-11-5-6-12-26)9-10-20(18)27(22(23)29)15-21(28)25-14-16-7-3-4-8-19(16)24/h3-4,7-10,13H,5-6,11-12,14-15H2,1-2H3,(H,25,28). The van der Waals surface area contributed by atoms with Crippen LogP contribution in [0.15, 0.2) is 47.4 Å². The summed E-state index contributed by atoms with van der Waals surface area (Å²) >= 11 is 6.14. The van der Waals surface area contributed by atoms with Gasteiger partial charge in [0.1, 0.15) is 6.54 Å². The number of hydrogen-bond donors (Lipinski definition) is 1. The van der Waals surface area contributed by atoms with Gasteiger partial charge >= 0.3 is 0 Å². The summed E-state index contributed by atoms with van der Waals surface area (Å²) in [6.07, 6.45) is 1.70. The zero-order chi connectivity index (χ0) is 23.1. The van der Waals surface area contributed by atoms with Crippen molar-refractivity contribution < 1.29 is 18.0 Å². The molecule has 170 valence electrons. The highest BCUT2D eigenvalue weighted by Gasteiger charge is 2.45. The molecule has 0 unspecified atom stereocenters. The number of nitrogens with zero attached hydrogens (tertiary/aromatic N) is 2. The smallest absolute Gasteiger partial charge is 0.243 e.